The number of H-pyrrole nitrogens is 1. The third kappa shape index (κ3) is 5.54. The normalized spacial score (nSPS) is 9.63. The Morgan fingerprint density at radius 1 is 1.00 bits per heavy atom. The number of pyridine rings is 1. The molecule has 3 rings (SSSR count). The molecule has 1 N–H and O–H groups in total. The highest BCUT2D eigenvalue weighted by atomic mass is 35.5. The predicted molar refractivity (Wildman–Crippen MR) is 116 cm³/mol. The van der Waals surface area contributed by atoms with Gasteiger partial charge in [0.05, 0.1) is 7.11 Å². The summed E-state index contributed by atoms with van der Waals surface area (Å²) in [6.07, 6.45) is 0. The topological polar surface area (TPSA) is 55.7 Å². The quantitative estimate of drug-likeness (QED) is 0.379. The van der Waals surface area contributed by atoms with Crippen LogP contribution in [0.4, 0.5) is 0 Å². The number of hydrogen-bond donors (Lipinski definition) is 1. The van der Waals surface area contributed by atoms with E-state index in [9.17, 15) is 0 Å². The van der Waals surface area contributed by atoms with Crippen LogP contribution in [0, 0.1) is 4.77 Å². The van der Waals surface area contributed by atoms with Crippen molar-refractivity contribution in [2.24, 2.45) is 7.05 Å². The average Bonchev–Trinajstić information content (AvgIpc) is 3.02. The molecular weight excluding hydrogens is 403 g/mol. The van der Waals surface area contributed by atoms with Crippen LogP contribution in [0.5, 0.6) is 5.75 Å². The second kappa shape index (κ2) is 11.1. The Morgan fingerprint density at radius 2 is 1.59 bits per heavy atom. The maximum Gasteiger partial charge on any atom is 0.195 e. The van der Waals surface area contributed by atoms with Crippen LogP contribution in [-0.2, 0) is 7.05 Å². The number of halogens is 2. The molecule has 0 unspecified atom stereocenters. The van der Waals surface area contributed by atoms with E-state index in [0.717, 1.165) is 16.7 Å². The van der Waals surface area contributed by atoms with Crippen molar-refractivity contribution in [2.45, 2.75) is 27.7 Å². The molecule has 2 aromatic heterocycles. The Morgan fingerprint density at radius 3 is 2.07 bits per heavy atom. The number of nitrogens with one attached hydrogen (secondary N) is 1. The van der Waals surface area contributed by atoms with Gasteiger partial charge in [-0.05, 0) is 53.7 Å². The third-order valence-corrected chi connectivity index (χ3v) is 4.17. The van der Waals surface area contributed by atoms with Crippen molar-refractivity contribution in [3.8, 4) is 28.3 Å². The zero-order chi connectivity index (χ0) is 20.6. The van der Waals surface area contributed by atoms with Crippen molar-refractivity contribution in [3.05, 3.63) is 45.4 Å². The molecule has 146 valence electrons. The van der Waals surface area contributed by atoms with Gasteiger partial charge in [0.2, 0.25) is 0 Å². The summed E-state index contributed by atoms with van der Waals surface area (Å²) >= 11 is 17.3. The number of nitrogens with zero attached hydrogens (tertiary/aromatic N) is 3. The second-order valence-electron chi connectivity index (χ2n) is 4.82. The van der Waals surface area contributed by atoms with Crippen LogP contribution in [-0.4, -0.2) is 26.9 Å². The molecule has 0 amide bonds. The second-order valence-corrected chi connectivity index (χ2v) is 5.99. The molecular formula is C19H24Cl2N4OS. The first-order valence-corrected chi connectivity index (χ1v) is 9.79. The number of aromatic amines is 1. The summed E-state index contributed by atoms with van der Waals surface area (Å²) in [4.78, 5) is 3.98. The molecule has 0 saturated heterocycles. The molecule has 0 aliphatic carbocycles. The van der Waals surface area contributed by atoms with Crippen molar-refractivity contribution in [1.29, 1.82) is 0 Å². The van der Waals surface area contributed by atoms with Gasteiger partial charge in [-0.2, -0.15) is 5.10 Å². The van der Waals surface area contributed by atoms with E-state index in [4.69, 9.17) is 40.2 Å². The smallest absolute Gasteiger partial charge is 0.195 e. The Kier molecular flexibility index (Phi) is 9.49. The fourth-order valence-corrected chi connectivity index (χ4v) is 2.89. The molecule has 0 saturated carbocycles. The zero-order valence-corrected chi connectivity index (χ0v) is 18.6. The van der Waals surface area contributed by atoms with Gasteiger partial charge in [-0.15, -0.1) is 0 Å². The van der Waals surface area contributed by atoms with Gasteiger partial charge in [0.1, 0.15) is 16.1 Å². The summed E-state index contributed by atoms with van der Waals surface area (Å²) in [5.74, 6) is 1.40. The molecule has 0 fully saturated rings. The highest BCUT2D eigenvalue weighted by Crippen LogP contribution is 2.35. The lowest BCUT2D eigenvalue weighted by molar-refractivity contribution is 0.415. The summed E-state index contributed by atoms with van der Waals surface area (Å²) in [5, 5.41) is 7.73. The van der Waals surface area contributed by atoms with E-state index in [0.29, 0.717) is 26.7 Å². The van der Waals surface area contributed by atoms with Crippen LogP contribution in [0.25, 0.3) is 22.5 Å². The molecule has 27 heavy (non-hydrogen) atoms. The number of rotatable bonds is 3. The number of ether oxygens (including phenoxy) is 1. The minimum Gasteiger partial charge on any atom is -0.497 e. The van der Waals surface area contributed by atoms with Gasteiger partial charge >= 0.3 is 0 Å². The number of benzene rings is 1. The molecule has 5 nitrogen and oxygen atoms in total. The van der Waals surface area contributed by atoms with Crippen LogP contribution < -0.4 is 4.74 Å². The van der Waals surface area contributed by atoms with E-state index in [2.05, 4.69) is 15.2 Å². The largest absolute Gasteiger partial charge is 0.497 e. The molecule has 3 aromatic rings. The molecule has 0 radical (unpaired) electrons. The summed E-state index contributed by atoms with van der Waals surface area (Å²) in [5.41, 5.74) is 2.58. The summed E-state index contributed by atoms with van der Waals surface area (Å²) in [6.45, 7) is 8.00. The van der Waals surface area contributed by atoms with E-state index in [1.54, 1.807) is 23.8 Å². The van der Waals surface area contributed by atoms with Crippen LogP contribution in [0.1, 0.15) is 27.7 Å². The molecule has 0 bridgehead atoms. The van der Waals surface area contributed by atoms with Gasteiger partial charge in [0, 0.05) is 12.6 Å². The van der Waals surface area contributed by atoms with Crippen LogP contribution in [0.3, 0.4) is 0 Å². The SMILES string of the molecule is CC.CC.COc1ccc(-c2cc(Cl)nc(Cl)c2)c(-c2n[nH]c(=S)n2C)c1. The number of aromatic nitrogens is 4. The Hall–Kier alpha value is -1.89. The Bertz CT molecular complexity index is 917. The molecule has 0 atom stereocenters. The lowest BCUT2D eigenvalue weighted by Gasteiger charge is -2.12. The molecule has 1 aromatic carbocycles. The van der Waals surface area contributed by atoms with Crippen molar-refractivity contribution in [1.82, 2.24) is 19.7 Å². The minimum atomic E-state index is 0.324. The highest BCUT2D eigenvalue weighted by Gasteiger charge is 2.15. The summed E-state index contributed by atoms with van der Waals surface area (Å²) in [6, 6.07) is 9.18. The molecule has 8 heteroatoms. The van der Waals surface area contributed by atoms with Gasteiger partial charge in [-0.1, -0.05) is 50.9 Å². The van der Waals surface area contributed by atoms with Gasteiger partial charge in [0.15, 0.2) is 10.6 Å². The summed E-state index contributed by atoms with van der Waals surface area (Å²) < 4.78 is 7.64. The van der Waals surface area contributed by atoms with E-state index >= 15 is 0 Å². The highest BCUT2D eigenvalue weighted by molar-refractivity contribution is 7.71. The van der Waals surface area contributed by atoms with E-state index in [-0.39, 0.29) is 0 Å². The van der Waals surface area contributed by atoms with Crippen LogP contribution in [0.15, 0.2) is 30.3 Å². The van der Waals surface area contributed by atoms with Crippen molar-refractivity contribution < 1.29 is 4.74 Å². The minimum absolute atomic E-state index is 0.324. The number of methoxy groups -OCH3 is 1. The Balaban J connectivity index is 0.000000855. The third-order valence-electron chi connectivity index (χ3n) is 3.42. The summed E-state index contributed by atoms with van der Waals surface area (Å²) in [7, 11) is 3.46. The zero-order valence-electron chi connectivity index (χ0n) is 16.3. The van der Waals surface area contributed by atoms with E-state index in [1.807, 2.05) is 52.9 Å². The molecule has 0 spiro atoms. The molecule has 2 heterocycles. The fourth-order valence-electron chi connectivity index (χ4n) is 2.30. The van der Waals surface area contributed by atoms with Crippen molar-refractivity contribution >= 4 is 35.4 Å². The standard InChI is InChI=1S/C15H12Cl2N4OS.2C2H6/c1-21-14(19-20-15(21)23)11-7-9(22-2)3-4-10(11)8-5-12(16)18-13(17)6-8;2*1-2/h3-7H,1-2H3,(H,20,23);2*1-2H3. The van der Waals surface area contributed by atoms with Crippen molar-refractivity contribution in [2.75, 3.05) is 7.11 Å². The van der Waals surface area contributed by atoms with Crippen LogP contribution >= 0.6 is 35.4 Å². The fraction of sp³-hybridized carbons (Fsp3) is 0.316. The molecule has 0 aliphatic rings. The lowest BCUT2D eigenvalue weighted by atomic mass is 9.99. The van der Waals surface area contributed by atoms with Crippen LogP contribution in [0.2, 0.25) is 10.3 Å². The first-order chi connectivity index (χ1) is 13.0. The first-order valence-electron chi connectivity index (χ1n) is 8.63. The number of hydrogen-bond acceptors (Lipinski definition) is 4. The van der Waals surface area contributed by atoms with E-state index < -0.39 is 0 Å². The predicted octanol–water partition coefficient (Wildman–Crippen LogP) is 6.57. The maximum absolute atomic E-state index is 6.03. The maximum atomic E-state index is 6.03. The van der Waals surface area contributed by atoms with E-state index in [1.165, 1.54) is 0 Å². The van der Waals surface area contributed by atoms with Gasteiger partial charge in [-0.25, -0.2) is 4.98 Å². The average molecular weight is 427 g/mol. The monoisotopic (exact) mass is 426 g/mol. The Labute approximate surface area is 175 Å². The molecule has 0 aliphatic heterocycles. The van der Waals surface area contributed by atoms with Gasteiger partial charge in [0.25, 0.3) is 0 Å². The van der Waals surface area contributed by atoms with Gasteiger partial charge in [-0.3, -0.25) is 5.10 Å². The lowest BCUT2D eigenvalue weighted by Crippen LogP contribution is -1.96. The first kappa shape index (κ1) is 23.1. The van der Waals surface area contributed by atoms with Crippen molar-refractivity contribution in [3.63, 3.8) is 0 Å². The van der Waals surface area contributed by atoms with Gasteiger partial charge < -0.3 is 9.30 Å².